The van der Waals surface area contributed by atoms with E-state index in [0.717, 1.165) is 19.0 Å². The molecular formula is C9H13N3O2. The van der Waals surface area contributed by atoms with E-state index in [0.29, 0.717) is 23.6 Å². The lowest BCUT2D eigenvalue weighted by Crippen LogP contribution is -2.05. The minimum Gasteiger partial charge on any atom is -0.388 e. The lowest BCUT2D eigenvalue weighted by atomic mass is 10.3. The van der Waals surface area contributed by atoms with Crippen LogP contribution in [0.25, 0.3) is 0 Å². The van der Waals surface area contributed by atoms with Crippen molar-refractivity contribution in [3.63, 3.8) is 0 Å². The molecule has 1 N–H and O–H groups in total. The summed E-state index contributed by atoms with van der Waals surface area (Å²) < 4.78 is 7.23. The second-order valence-corrected chi connectivity index (χ2v) is 4.08. The van der Waals surface area contributed by atoms with Gasteiger partial charge in [-0.25, -0.2) is 0 Å². The van der Waals surface area contributed by atoms with Crippen molar-refractivity contribution in [2.75, 3.05) is 13.2 Å². The Morgan fingerprint density at radius 3 is 2.71 bits per heavy atom. The molecule has 1 aromatic heterocycles. The number of hydrogen-bond donors (Lipinski definition) is 1. The van der Waals surface area contributed by atoms with Crippen LogP contribution >= 0.6 is 0 Å². The van der Waals surface area contributed by atoms with Crippen LogP contribution in [0.1, 0.15) is 17.6 Å². The minimum atomic E-state index is -0.0396. The Balaban J connectivity index is 1.87. The van der Waals surface area contributed by atoms with Crippen LogP contribution in [-0.2, 0) is 18.4 Å². The zero-order valence-electron chi connectivity index (χ0n) is 8.05. The van der Waals surface area contributed by atoms with Gasteiger partial charge in [-0.2, -0.15) is 0 Å². The Kier molecular flexibility index (Phi) is 1.66. The van der Waals surface area contributed by atoms with Crippen LogP contribution in [-0.4, -0.2) is 33.1 Å². The third kappa shape index (κ3) is 0.965. The first-order valence-electron chi connectivity index (χ1n) is 4.89. The molecule has 5 heteroatoms. The Morgan fingerprint density at radius 2 is 2.14 bits per heavy atom. The van der Waals surface area contributed by atoms with Crippen molar-refractivity contribution >= 4 is 0 Å². The van der Waals surface area contributed by atoms with Crippen LogP contribution in [0, 0.1) is 11.8 Å². The predicted octanol–water partition coefficient (Wildman–Crippen LogP) is -0.333. The number of aliphatic hydroxyl groups excluding tert-OH is 1. The SMILES string of the molecule is Cn1c(CO)nnc1C1C2COCC21. The molecule has 2 fully saturated rings. The first-order chi connectivity index (χ1) is 6.83. The van der Waals surface area contributed by atoms with E-state index in [-0.39, 0.29) is 6.61 Å². The molecule has 76 valence electrons. The van der Waals surface area contributed by atoms with Gasteiger partial charge in [0.25, 0.3) is 0 Å². The van der Waals surface area contributed by atoms with E-state index in [4.69, 9.17) is 9.84 Å². The fourth-order valence-corrected chi connectivity index (χ4v) is 2.43. The highest BCUT2D eigenvalue weighted by Crippen LogP contribution is 2.56. The fourth-order valence-electron chi connectivity index (χ4n) is 2.43. The molecule has 14 heavy (non-hydrogen) atoms. The molecular weight excluding hydrogens is 182 g/mol. The molecule has 1 aliphatic heterocycles. The highest BCUT2D eigenvalue weighted by molar-refractivity contribution is 5.18. The van der Waals surface area contributed by atoms with Gasteiger partial charge in [-0.3, -0.25) is 0 Å². The molecule has 1 saturated heterocycles. The molecule has 5 nitrogen and oxygen atoms in total. The molecule has 1 saturated carbocycles. The summed E-state index contributed by atoms with van der Waals surface area (Å²) >= 11 is 0. The van der Waals surface area contributed by atoms with E-state index in [1.807, 2.05) is 11.6 Å². The van der Waals surface area contributed by atoms with Crippen molar-refractivity contribution < 1.29 is 9.84 Å². The zero-order chi connectivity index (χ0) is 9.71. The van der Waals surface area contributed by atoms with Crippen molar-refractivity contribution in [2.45, 2.75) is 12.5 Å². The molecule has 0 radical (unpaired) electrons. The quantitative estimate of drug-likeness (QED) is 0.701. The number of aromatic nitrogens is 3. The molecule has 2 aliphatic rings. The molecule has 0 aromatic carbocycles. The molecule has 3 rings (SSSR count). The Hall–Kier alpha value is -0.940. The van der Waals surface area contributed by atoms with Gasteiger partial charge >= 0.3 is 0 Å². The third-order valence-corrected chi connectivity index (χ3v) is 3.39. The van der Waals surface area contributed by atoms with Gasteiger partial charge < -0.3 is 14.4 Å². The average molecular weight is 195 g/mol. The zero-order valence-corrected chi connectivity index (χ0v) is 8.05. The topological polar surface area (TPSA) is 60.2 Å². The monoisotopic (exact) mass is 195 g/mol. The van der Waals surface area contributed by atoms with Crippen molar-refractivity contribution in [1.82, 2.24) is 14.8 Å². The standard InChI is InChI=1S/C9H13N3O2/c1-12-7(2-13)10-11-9(12)8-5-3-14-4-6(5)8/h5-6,8,13H,2-4H2,1H3. The number of ether oxygens (including phenoxy) is 1. The Morgan fingerprint density at radius 1 is 1.43 bits per heavy atom. The number of nitrogens with zero attached hydrogens (tertiary/aromatic N) is 3. The maximum atomic E-state index is 8.99. The third-order valence-electron chi connectivity index (χ3n) is 3.39. The van der Waals surface area contributed by atoms with Gasteiger partial charge in [-0.1, -0.05) is 0 Å². The van der Waals surface area contributed by atoms with E-state index in [1.165, 1.54) is 0 Å². The van der Waals surface area contributed by atoms with Crippen LogP contribution < -0.4 is 0 Å². The molecule has 2 atom stereocenters. The summed E-state index contributed by atoms with van der Waals surface area (Å²) in [5, 5.41) is 17.1. The summed E-state index contributed by atoms with van der Waals surface area (Å²) in [6.07, 6.45) is 0. The van der Waals surface area contributed by atoms with Gasteiger partial charge in [0.15, 0.2) is 5.82 Å². The first-order valence-corrected chi connectivity index (χ1v) is 4.89. The van der Waals surface area contributed by atoms with Gasteiger partial charge in [0.2, 0.25) is 0 Å². The van der Waals surface area contributed by atoms with Gasteiger partial charge in [0.05, 0.1) is 13.2 Å². The highest BCUT2D eigenvalue weighted by atomic mass is 16.5. The largest absolute Gasteiger partial charge is 0.388 e. The molecule has 2 heterocycles. The second kappa shape index (κ2) is 2.77. The Labute approximate surface area is 81.7 Å². The van der Waals surface area contributed by atoms with Gasteiger partial charge in [0.1, 0.15) is 12.4 Å². The van der Waals surface area contributed by atoms with E-state index >= 15 is 0 Å². The summed E-state index contributed by atoms with van der Waals surface area (Å²) in [7, 11) is 1.91. The van der Waals surface area contributed by atoms with Crippen LogP contribution in [0.3, 0.4) is 0 Å². The molecule has 0 amide bonds. The highest BCUT2D eigenvalue weighted by Gasteiger charge is 2.56. The number of hydrogen-bond acceptors (Lipinski definition) is 4. The summed E-state index contributed by atoms with van der Waals surface area (Å²) in [6, 6.07) is 0. The van der Waals surface area contributed by atoms with Crippen LogP contribution in [0.5, 0.6) is 0 Å². The van der Waals surface area contributed by atoms with Crippen LogP contribution in [0.2, 0.25) is 0 Å². The molecule has 0 bridgehead atoms. The van der Waals surface area contributed by atoms with E-state index in [1.54, 1.807) is 0 Å². The first kappa shape index (κ1) is 8.38. The smallest absolute Gasteiger partial charge is 0.158 e. The van der Waals surface area contributed by atoms with Crippen LogP contribution in [0.4, 0.5) is 0 Å². The van der Waals surface area contributed by atoms with E-state index < -0.39 is 0 Å². The van der Waals surface area contributed by atoms with Gasteiger partial charge in [-0.05, 0) is 11.8 Å². The summed E-state index contributed by atoms with van der Waals surface area (Å²) in [4.78, 5) is 0. The molecule has 0 spiro atoms. The Bertz CT molecular complexity index is 353. The van der Waals surface area contributed by atoms with Crippen molar-refractivity contribution in [3.8, 4) is 0 Å². The van der Waals surface area contributed by atoms with Crippen molar-refractivity contribution in [2.24, 2.45) is 18.9 Å². The van der Waals surface area contributed by atoms with Gasteiger partial charge in [0, 0.05) is 13.0 Å². The summed E-state index contributed by atoms with van der Waals surface area (Å²) in [6.45, 7) is 1.68. The number of fused-ring (bicyclic) bond motifs is 1. The molecule has 1 aromatic rings. The lowest BCUT2D eigenvalue weighted by molar-refractivity contribution is 0.159. The van der Waals surface area contributed by atoms with E-state index in [2.05, 4.69) is 10.2 Å². The maximum absolute atomic E-state index is 8.99. The fraction of sp³-hybridized carbons (Fsp3) is 0.778. The number of aliphatic hydroxyl groups is 1. The number of rotatable bonds is 2. The predicted molar refractivity (Wildman–Crippen MR) is 47.5 cm³/mol. The normalized spacial score (nSPS) is 34.6. The minimum absolute atomic E-state index is 0.0396. The average Bonchev–Trinajstić information content (AvgIpc) is 2.62. The molecule has 1 aliphatic carbocycles. The van der Waals surface area contributed by atoms with Crippen molar-refractivity contribution in [1.29, 1.82) is 0 Å². The summed E-state index contributed by atoms with van der Waals surface area (Å²) in [5.74, 6) is 3.45. The van der Waals surface area contributed by atoms with Crippen LogP contribution in [0.15, 0.2) is 0 Å². The maximum Gasteiger partial charge on any atom is 0.158 e. The van der Waals surface area contributed by atoms with E-state index in [9.17, 15) is 0 Å². The molecule has 2 unspecified atom stereocenters. The lowest BCUT2D eigenvalue weighted by Gasteiger charge is -2.04. The van der Waals surface area contributed by atoms with Gasteiger partial charge in [-0.15, -0.1) is 10.2 Å². The summed E-state index contributed by atoms with van der Waals surface area (Å²) in [5.41, 5.74) is 0. The van der Waals surface area contributed by atoms with Crippen molar-refractivity contribution in [3.05, 3.63) is 11.6 Å². The second-order valence-electron chi connectivity index (χ2n) is 4.08.